The van der Waals surface area contributed by atoms with Gasteiger partial charge in [-0.2, -0.15) is 0 Å². The van der Waals surface area contributed by atoms with E-state index in [1.54, 1.807) is 11.3 Å². The molecule has 0 spiro atoms. The molecule has 0 radical (unpaired) electrons. The van der Waals surface area contributed by atoms with Crippen LogP contribution in [0.2, 0.25) is 0 Å². The van der Waals surface area contributed by atoms with Gasteiger partial charge in [-0.25, -0.2) is 4.98 Å². The number of β-amino-alcohol motifs (C(OH)–C–C–N with tert-alkyl or cyclic N) is 1. The highest BCUT2D eigenvalue weighted by atomic mass is 35.5. The van der Waals surface area contributed by atoms with Gasteiger partial charge in [0.2, 0.25) is 17.7 Å². The molecule has 5 N–H and O–H groups in total. The number of nitrogens with one attached hydrogen (secondary N) is 4. The van der Waals surface area contributed by atoms with E-state index >= 15 is 0 Å². The van der Waals surface area contributed by atoms with Crippen LogP contribution >= 0.6 is 23.7 Å². The van der Waals surface area contributed by atoms with Gasteiger partial charge in [-0.15, -0.1) is 23.7 Å². The van der Waals surface area contributed by atoms with E-state index in [0.717, 1.165) is 53.6 Å². The van der Waals surface area contributed by atoms with E-state index in [2.05, 4.69) is 31.2 Å². The third-order valence-electron chi connectivity index (χ3n) is 9.54. The third-order valence-corrected chi connectivity index (χ3v) is 10.5. The van der Waals surface area contributed by atoms with Gasteiger partial charge >= 0.3 is 0 Å². The van der Waals surface area contributed by atoms with Crippen LogP contribution in [-0.4, -0.2) is 96.1 Å². The van der Waals surface area contributed by atoms with E-state index in [1.165, 1.54) is 4.90 Å². The normalized spacial score (nSPS) is 18.6. The number of halogens is 1. The average Bonchev–Trinajstić information content (AvgIpc) is 3.73. The Hall–Kier alpha value is -4.04. The highest BCUT2D eigenvalue weighted by molar-refractivity contribution is 7.13. The fourth-order valence-electron chi connectivity index (χ4n) is 6.55. The summed E-state index contributed by atoms with van der Waals surface area (Å²) in [5, 5.41) is 22.7. The topological polar surface area (TPSA) is 156 Å². The summed E-state index contributed by atoms with van der Waals surface area (Å²) < 4.78 is 0. The van der Waals surface area contributed by atoms with Crippen molar-refractivity contribution in [2.75, 3.05) is 44.2 Å². The molecule has 0 aliphatic carbocycles. The molecule has 5 rings (SSSR count). The number of anilines is 1. The maximum absolute atomic E-state index is 14.0. The van der Waals surface area contributed by atoms with Gasteiger partial charge < -0.3 is 36.2 Å². The molecule has 12 nitrogen and oxygen atoms in total. The summed E-state index contributed by atoms with van der Waals surface area (Å²) in [5.74, 6) is -1.31. The van der Waals surface area contributed by atoms with Gasteiger partial charge in [0.15, 0.2) is 0 Å². The molecule has 4 amide bonds. The Kier molecular flexibility index (Phi) is 14.2. The maximum atomic E-state index is 14.0. The summed E-state index contributed by atoms with van der Waals surface area (Å²) in [5.41, 5.74) is 5.72. The minimum Gasteiger partial charge on any atom is -0.391 e. The number of thiazole rings is 1. The highest BCUT2D eigenvalue weighted by Crippen LogP contribution is 2.29. The van der Waals surface area contributed by atoms with Crippen molar-refractivity contribution >= 4 is 53.1 Å². The van der Waals surface area contributed by atoms with E-state index < -0.39 is 29.5 Å². The molecule has 2 aromatic carbocycles. The van der Waals surface area contributed by atoms with Crippen molar-refractivity contribution in [3.05, 3.63) is 70.9 Å². The minimum absolute atomic E-state index is 0. The zero-order valence-corrected chi connectivity index (χ0v) is 32.2. The molecule has 2 saturated heterocycles. The van der Waals surface area contributed by atoms with Gasteiger partial charge in [-0.3, -0.25) is 19.2 Å². The summed E-state index contributed by atoms with van der Waals surface area (Å²) in [6, 6.07) is 13.3. The van der Waals surface area contributed by atoms with E-state index in [0.29, 0.717) is 18.5 Å². The van der Waals surface area contributed by atoms with Gasteiger partial charge in [0, 0.05) is 63.4 Å². The largest absolute Gasteiger partial charge is 0.391 e. The number of carbonyl (C=O) groups excluding carboxylic acids is 4. The number of aromatic nitrogens is 1. The SMILES string of the molecule is Cc1ncsc1-c1ccc([C@H](C)NC(=O)[C@@H]2C[C@@H](O)CN2C(=O)[C@@H](NC(=O)CCCNC(=O)c2ccc(N3CCNCC3)cc2)C(C)(C)C)cc1.Cl. The lowest BCUT2D eigenvalue weighted by molar-refractivity contribution is -0.144. The summed E-state index contributed by atoms with van der Waals surface area (Å²) in [4.78, 5) is 62.4. The standard InChI is InChI=1S/C38H51N7O5S.ClH/c1-24(26-8-10-27(11-9-26)33-25(2)41-23-51-33)42-36(49)31-21-30(46)22-45(31)37(50)34(38(3,4)5)43-32(47)7-6-16-40-35(48)28-12-14-29(15-13-28)44-19-17-39-18-20-44;/h8-15,23-24,30-31,34,39,46H,6-7,16-22H2,1-5H3,(H,40,48)(H,42,49)(H,43,47);1H/t24-,30+,31-,34+;/m0./s1. The number of benzene rings is 2. The number of aliphatic hydroxyl groups is 1. The molecule has 2 aliphatic rings. The van der Waals surface area contributed by atoms with Crippen LogP contribution < -0.4 is 26.2 Å². The smallest absolute Gasteiger partial charge is 0.251 e. The van der Waals surface area contributed by atoms with Crippen LogP contribution in [0.25, 0.3) is 10.4 Å². The second-order valence-corrected chi connectivity index (χ2v) is 15.4. The number of amides is 4. The second kappa shape index (κ2) is 18.1. The van der Waals surface area contributed by atoms with Crippen molar-refractivity contribution in [2.45, 2.75) is 78.1 Å². The Balaban J connectivity index is 0.00000605. The number of rotatable bonds is 12. The maximum Gasteiger partial charge on any atom is 0.251 e. The molecule has 52 heavy (non-hydrogen) atoms. The first-order valence-electron chi connectivity index (χ1n) is 17.7. The second-order valence-electron chi connectivity index (χ2n) is 14.5. The molecule has 14 heteroatoms. The molecule has 4 atom stereocenters. The Morgan fingerprint density at radius 3 is 2.31 bits per heavy atom. The zero-order chi connectivity index (χ0) is 36.7. The fraction of sp³-hybridized carbons (Fsp3) is 0.500. The number of piperazine rings is 1. The Bertz CT molecular complexity index is 1670. The van der Waals surface area contributed by atoms with Crippen molar-refractivity contribution in [3.8, 4) is 10.4 Å². The fourth-order valence-corrected chi connectivity index (χ4v) is 7.36. The number of nitrogens with zero attached hydrogens (tertiary/aromatic N) is 3. The van der Waals surface area contributed by atoms with Crippen molar-refractivity contribution < 1.29 is 24.3 Å². The molecular weight excluding hydrogens is 702 g/mol. The van der Waals surface area contributed by atoms with Crippen molar-refractivity contribution in [1.29, 1.82) is 0 Å². The number of carbonyl (C=O) groups is 4. The molecule has 282 valence electrons. The van der Waals surface area contributed by atoms with Crippen LogP contribution in [0.3, 0.4) is 0 Å². The number of aliphatic hydroxyl groups excluding tert-OH is 1. The first kappa shape index (κ1) is 40.7. The molecule has 0 bridgehead atoms. The first-order chi connectivity index (χ1) is 24.3. The van der Waals surface area contributed by atoms with Crippen molar-refractivity contribution in [2.24, 2.45) is 5.41 Å². The number of aryl methyl sites for hydroxylation is 1. The predicted molar refractivity (Wildman–Crippen MR) is 207 cm³/mol. The monoisotopic (exact) mass is 753 g/mol. The summed E-state index contributed by atoms with van der Waals surface area (Å²) >= 11 is 1.58. The molecule has 0 saturated carbocycles. The quantitative estimate of drug-likeness (QED) is 0.175. The molecule has 2 aliphatic heterocycles. The summed E-state index contributed by atoms with van der Waals surface area (Å²) in [6.07, 6.45) is -0.262. The van der Waals surface area contributed by atoms with Crippen LogP contribution in [0, 0.1) is 12.3 Å². The van der Waals surface area contributed by atoms with Gasteiger partial charge in [-0.05, 0) is 61.1 Å². The molecule has 2 fully saturated rings. The van der Waals surface area contributed by atoms with E-state index in [1.807, 2.05) is 88.7 Å². The van der Waals surface area contributed by atoms with Crippen LogP contribution in [-0.2, 0) is 14.4 Å². The van der Waals surface area contributed by atoms with Gasteiger partial charge in [0.1, 0.15) is 12.1 Å². The Morgan fingerprint density at radius 1 is 1.02 bits per heavy atom. The van der Waals surface area contributed by atoms with E-state index in [4.69, 9.17) is 0 Å². The molecule has 1 aromatic heterocycles. The molecule has 3 aromatic rings. The van der Waals surface area contributed by atoms with Crippen molar-refractivity contribution in [1.82, 2.24) is 31.2 Å². The zero-order valence-electron chi connectivity index (χ0n) is 30.6. The average molecular weight is 754 g/mol. The van der Waals surface area contributed by atoms with Crippen LogP contribution in [0.5, 0.6) is 0 Å². The molecule has 0 unspecified atom stereocenters. The van der Waals surface area contributed by atoms with Crippen LogP contribution in [0.1, 0.15) is 74.6 Å². The van der Waals surface area contributed by atoms with Gasteiger partial charge in [0.05, 0.1) is 28.2 Å². The van der Waals surface area contributed by atoms with Gasteiger partial charge in [-0.1, -0.05) is 45.0 Å². The van der Waals surface area contributed by atoms with Gasteiger partial charge in [0.25, 0.3) is 5.91 Å². The first-order valence-corrected chi connectivity index (χ1v) is 18.6. The Labute approximate surface area is 316 Å². The lowest BCUT2D eigenvalue weighted by atomic mass is 9.85. The lowest BCUT2D eigenvalue weighted by Crippen LogP contribution is -2.57. The molecular formula is C38H52ClN7O5S. The summed E-state index contributed by atoms with van der Waals surface area (Å²) in [7, 11) is 0. The Morgan fingerprint density at radius 2 is 1.69 bits per heavy atom. The van der Waals surface area contributed by atoms with Crippen LogP contribution in [0.15, 0.2) is 54.0 Å². The van der Waals surface area contributed by atoms with Crippen molar-refractivity contribution in [3.63, 3.8) is 0 Å². The predicted octanol–water partition coefficient (Wildman–Crippen LogP) is 3.83. The summed E-state index contributed by atoms with van der Waals surface area (Å²) in [6.45, 7) is 13.4. The third kappa shape index (κ3) is 10.3. The molecule has 3 heterocycles. The van der Waals surface area contributed by atoms with E-state index in [9.17, 15) is 24.3 Å². The van der Waals surface area contributed by atoms with Crippen LogP contribution in [0.4, 0.5) is 5.69 Å². The minimum atomic E-state index is -0.922. The number of likely N-dealkylation sites (tertiary alicyclic amines) is 1. The number of hydrogen-bond donors (Lipinski definition) is 5. The lowest BCUT2D eigenvalue weighted by Gasteiger charge is -2.35. The highest BCUT2D eigenvalue weighted by Gasteiger charge is 2.44. The van der Waals surface area contributed by atoms with E-state index in [-0.39, 0.29) is 55.6 Å². The number of hydrogen-bond acceptors (Lipinski definition) is 9.